The summed E-state index contributed by atoms with van der Waals surface area (Å²) in [6, 6.07) is 17.0. The molecule has 0 unspecified atom stereocenters. The van der Waals surface area contributed by atoms with Crippen LogP contribution in [0, 0.1) is 0 Å². The second-order valence-electron chi connectivity index (χ2n) is 5.74. The van der Waals surface area contributed by atoms with E-state index in [1.807, 2.05) is 25.9 Å². The van der Waals surface area contributed by atoms with E-state index in [-0.39, 0.29) is 0 Å². The molecule has 0 aliphatic carbocycles. The molecule has 2 rings (SSSR count). The van der Waals surface area contributed by atoms with Crippen molar-refractivity contribution in [2.24, 2.45) is 0 Å². The van der Waals surface area contributed by atoms with Gasteiger partial charge in [-0.25, -0.2) is 0 Å². The molecule has 0 saturated heterocycles. The van der Waals surface area contributed by atoms with Gasteiger partial charge in [0.15, 0.2) is 0 Å². The van der Waals surface area contributed by atoms with Gasteiger partial charge >= 0.3 is 0 Å². The molecule has 2 N–H and O–H groups in total. The molecule has 0 bridgehead atoms. The number of anilines is 1. The van der Waals surface area contributed by atoms with Crippen LogP contribution in [0.25, 0.3) is 6.08 Å². The lowest BCUT2D eigenvalue weighted by atomic mass is 10.2. The third kappa shape index (κ3) is 5.32. The van der Waals surface area contributed by atoms with Gasteiger partial charge in [-0.2, -0.15) is 0 Å². The van der Waals surface area contributed by atoms with Crippen LogP contribution >= 0.6 is 11.8 Å². The van der Waals surface area contributed by atoms with Crippen LogP contribution < -0.4 is 10.2 Å². The number of benzene rings is 2. The molecule has 2 aromatic rings. The zero-order chi connectivity index (χ0) is 17.4. The Hall–Kier alpha value is -1.91. The summed E-state index contributed by atoms with van der Waals surface area (Å²) in [5.74, 6) is 1.80. The fourth-order valence-electron chi connectivity index (χ4n) is 2.36. The summed E-state index contributed by atoms with van der Waals surface area (Å²) in [4.78, 5) is 3.40. The predicted octanol–water partition coefficient (Wildman–Crippen LogP) is 3.75. The minimum Gasteiger partial charge on any atom is -0.500 e. The highest BCUT2D eigenvalue weighted by molar-refractivity contribution is 7.99. The number of hydrogen-bond acceptors (Lipinski definition) is 3. The molecule has 0 aliphatic rings. The van der Waals surface area contributed by atoms with Crippen molar-refractivity contribution in [1.82, 2.24) is 0 Å². The monoisotopic (exact) mass is 343 g/mol. The maximum Gasteiger partial charge on any atom is 0.143 e. The predicted molar refractivity (Wildman–Crippen MR) is 105 cm³/mol. The van der Waals surface area contributed by atoms with E-state index < -0.39 is 0 Å². The van der Waals surface area contributed by atoms with E-state index in [1.165, 1.54) is 16.3 Å². The van der Waals surface area contributed by atoms with Gasteiger partial charge in [-0.1, -0.05) is 24.3 Å². The maximum atomic E-state index is 5.57. The molecular weight excluding hydrogens is 316 g/mol. The van der Waals surface area contributed by atoms with Gasteiger partial charge in [-0.05, 0) is 36.8 Å². The summed E-state index contributed by atoms with van der Waals surface area (Å²) in [5, 5.41) is 2.26. The van der Waals surface area contributed by atoms with Gasteiger partial charge in [0.2, 0.25) is 0 Å². The van der Waals surface area contributed by atoms with E-state index in [1.54, 1.807) is 7.11 Å². The van der Waals surface area contributed by atoms with E-state index in [0.29, 0.717) is 0 Å². The van der Waals surface area contributed by atoms with Crippen LogP contribution in [0.15, 0.2) is 59.2 Å². The average molecular weight is 344 g/mol. The number of thioether (sulfide) groups is 1. The Morgan fingerprint density at radius 2 is 1.83 bits per heavy atom. The summed E-state index contributed by atoms with van der Waals surface area (Å²) >= 11 is 1.81. The lowest BCUT2D eigenvalue weighted by Gasteiger charge is -2.12. The Kier molecular flexibility index (Phi) is 7.22. The molecule has 128 valence electrons. The first-order valence-corrected chi connectivity index (χ1v) is 9.19. The van der Waals surface area contributed by atoms with Gasteiger partial charge in [-0.3, -0.25) is 0 Å². The maximum absolute atomic E-state index is 5.57. The van der Waals surface area contributed by atoms with Crippen molar-refractivity contribution in [3.63, 3.8) is 0 Å². The van der Waals surface area contributed by atoms with Gasteiger partial charge in [0.25, 0.3) is 0 Å². The third-order valence-corrected chi connectivity index (χ3v) is 4.82. The molecule has 0 spiro atoms. The number of quaternary nitrogens is 1. The molecule has 0 aliphatic heterocycles. The first-order valence-electron chi connectivity index (χ1n) is 8.21. The molecular formula is C20H27N2OS+. The Labute approximate surface area is 149 Å². The van der Waals surface area contributed by atoms with E-state index >= 15 is 0 Å². The molecule has 4 heteroatoms. The fraction of sp³-hybridized carbons (Fsp3) is 0.300. The fourth-order valence-corrected chi connectivity index (χ4v) is 3.36. The van der Waals surface area contributed by atoms with Crippen molar-refractivity contribution in [1.29, 1.82) is 0 Å². The van der Waals surface area contributed by atoms with Crippen molar-refractivity contribution in [3.8, 4) is 0 Å². The zero-order valence-corrected chi connectivity index (χ0v) is 15.8. The molecule has 0 atom stereocenters. The van der Waals surface area contributed by atoms with Gasteiger partial charge < -0.3 is 15.0 Å². The number of para-hydroxylation sites is 1. The lowest BCUT2D eigenvalue weighted by Crippen LogP contribution is -2.77. The van der Waals surface area contributed by atoms with Crippen LogP contribution in [0.3, 0.4) is 0 Å². The van der Waals surface area contributed by atoms with Gasteiger partial charge in [0.05, 0.1) is 24.3 Å². The van der Waals surface area contributed by atoms with E-state index in [4.69, 9.17) is 4.74 Å². The van der Waals surface area contributed by atoms with Crippen LogP contribution in [0.1, 0.15) is 12.5 Å². The van der Waals surface area contributed by atoms with E-state index in [9.17, 15) is 0 Å². The second-order valence-corrected chi connectivity index (χ2v) is 6.76. The van der Waals surface area contributed by atoms with E-state index in [0.717, 1.165) is 23.6 Å². The standard InChI is InChI=1S/C20H26N2OS/c1-5-21-19-8-6-7-9-20(19)24-15-18(23-4)14-16-10-12-17(13-11-16)22(2)3/h6-14,21H,5,15H2,1-4H3/p+1/b18-14-. The smallest absolute Gasteiger partial charge is 0.143 e. The molecule has 24 heavy (non-hydrogen) atoms. The number of ether oxygens (including phenoxy) is 1. The Morgan fingerprint density at radius 1 is 1.12 bits per heavy atom. The largest absolute Gasteiger partial charge is 0.500 e. The summed E-state index contributed by atoms with van der Waals surface area (Å²) in [6.07, 6.45) is 2.11. The number of rotatable bonds is 8. The Bertz CT molecular complexity index is 666. The molecule has 0 amide bonds. The Morgan fingerprint density at radius 3 is 2.46 bits per heavy atom. The third-order valence-electron chi connectivity index (χ3n) is 3.71. The molecule has 0 aromatic heterocycles. The lowest BCUT2D eigenvalue weighted by molar-refractivity contribution is -0.570. The molecule has 0 radical (unpaired) electrons. The van der Waals surface area contributed by atoms with Crippen LogP contribution in [-0.2, 0) is 4.74 Å². The average Bonchev–Trinajstić information content (AvgIpc) is 2.60. The van der Waals surface area contributed by atoms with Crippen molar-refractivity contribution in [2.75, 3.05) is 38.4 Å². The highest BCUT2D eigenvalue weighted by Gasteiger charge is 2.07. The van der Waals surface area contributed by atoms with Crippen LogP contribution in [0.5, 0.6) is 0 Å². The summed E-state index contributed by atoms with van der Waals surface area (Å²) in [6.45, 7) is 3.21. The first kappa shape index (κ1) is 18.4. The zero-order valence-electron chi connectivity index (χ0n) is 15.0. The van der Waals surface area contributed by atoms with E-state index in [2.05, 4.69) is 71.7 Å². The van der Waals surface area contributed by atoms with Gasteiger partial charge in [0.1, 0.15) is 11.4 Å². The van der Waals surface area contributed by atoms with Crippen molar-refractivity contribution >= 4 is 29.2 Å². The van der Waals surface area contributed by atoms with Crippen molar-refractivity contribution < 1.29 is 10.1 Å². The van der Waals surface area contributed by atoms with Crippen LogP contribution in [0.4, 0.5) is 11.4 Å². The topological polar surface area (TPSA) is 29.1 Å². The van der Waals surface area contributed by atoms with Crippen molar-refractivity contribution in [3.05, 3.63) is 59.9 Å². The number of nitrogens with zero attached hydrogens (tertiary/aromatic N) is 1. The Balaban J connectivity index is 2.06. The minimum atomic E-state index is 0.820. The number of nitrogens with two attached hydrogens (primary N) is 1. The normalized spacial score (nSPS) is 11.4. The molecule has 3 nitrogen and oxygen atoms in total. The first-order chi connectivity index (χ1) is 11.6. The molecule has 0 heterocycles. The summed E-state index contributed by atoms with van der Waals surface area (Å²) in [7, 11) is 5.84. The number of hydrogen-bond donors (Lipinski definition) is 1. The van der Waals surface area contributed by atoms with Gasteiger partial charge in [-0.15, -0.1) is 11.8 Å². The quantitative estimate of drug-likeness (QED) is 0.450. The summed E-state index contributed by atoms with van der Waals surface area (Å²) in [5.41, 5.74) is 3.66. The molecule has 0 saturated carbocycles. The molecule has 2 aromatic carbocycles. The minimum absolute atomic E-state index is 0.820. The van der Waals surface area contributed by atoms with Crippen LogP contribution in [0.2, 0.25) is 0 Å². The molecule has 0 fully saturated rings. The second kappa shape index (κ2) is 9.40. The van der Waals surface area contributed by atoms with Crippen LogP contribution in [-0.4, -0.2) is 33.5 Å². The highest BCUT2D eigenvalue weighted by atomic mass is 32.2. The SMILES string of the molecule is CC[NH2+]c1ccccc1SC/C(=C/c1ccc(N(C)C)cc1)OC. The number of methoxy groups -OCH3 is 1. The van der Waals surface area contributed by atoms with Gasteiger partial charge in [0, 0.05) is 25.8 Å². The summed E-state index contributed by atoms with van der Waals surface area (Å²) < 4.78 is 5.57. The highest BCUT2D eigenvalue weighted by Crippen LogP contribution is 2.26. The van der Waals surface area contributed by atoms with Crippen molar-refractivity contribution in [2.45, 2.75) is 11.8 Å².